The van der Waals surface area contributed by atoms with Gasteiger partial charge in [-0.3, -0.25) is 0 Å². The van der Waals surface area contributed by atoms with Gasteiger partial charge in [-0.2, -0.15) is 0 Å². The van der Waals surface area contributed by atoms with Crippen LogP contribution in [0.3, 0.4) is 0 Å². The van der Waals surface area contributed by atoms with Crippen molar-refractivity contribution in [3.63, 3.8) is 0 Å². The van der Waals surface area contributed by atoms with E-state index in [4.69, 9.17) is 5.73 Å². The van der Waals surface area contributed by atoms with Gasteiger partial charge >= 0.3 is 0 Å². The number of piperidine rings is 1. The van der Waals surface area contributed by atoms with E-state index < -0.39 is 0 Å². The molecule has 82 valence electrons. The van der Waals surface area contributed by atoms with Crippen LogP contribution >= 0.6 is 0 Å². The zero-order valence-electron chi connectivity index (χ0n) is 8.76. The van der Waals surface area contributed by atoms with Crippen LogP contribution in [0.25, 0.3) is 0 Å². The molecule has 0 spiro atoms. The largest absolute Gasteiger partial charge is 0.391 e. The molecule has 2 rings (SSSR count). The molecule has 3 N–H and O–H groups in total. The van der Waals surface area contributed by atoms with E-state index in [0.29, 0.717) is 13.1 Å². The average molecular weight is 207 g/mol. The molecule has 4 nitrogen and oxygen atoms in total. The fraction of sp³-hybridized carbons (Fsp3) is 0.545. The Hall–Kier alpha value is -1.13. The highest BCUT2D eigenvalue weighted by Crippen LogP contribution is 2.17. The molecule has 2 heterocycles. The van der Waals surface area contributed by atoms with Gasteiger partial charge in [0.2, 0.25) is 0 Å². The van der Waals surface area contributed by atoms with Crippen molar-refractivity contribution in [2.75, 3.05) is 18.0 Å². The molecule has 0 aromatic carbocycles. The number of hydrogen-bond acceptors (Lipinski definition) is 4. The Balaban J connectivity index is 2.13. The highest BCUT2D eigenvalue weighted by molar-refractivity contribution is 5.39. The van der Waals surface area contributed by atoms with Crippen LogP contribution in [0.1, 0.15) is 18.5 Å². The predicted octanol–water partition coefficient (Wildman–Crippen LogP) is 0.501. The summed E-state index contributed by atoms with van der Waals surface area (Å²) in [5, 5.41) is 9.57. The molecule has 0 amide bonds. The lowest BCUT2D eigenvalue weighted by Crippen LogP contribution is -2.38. The van der Waals surface area contributed by atoms with Crippen molar-refractivity contribution < 1.29 is 5.11 Å². The number of anilines is 1. The number of β-amino-alcohol motifs (C(OH)–C–C–N with tert-alkyl or cyclic N) is 1. The lowest BCUT2D eigenvalue weighted by atomic mass is 10.1. The van der Waals surface area contributed by atoms with Crippen molar-refractivity contribution >= 4 is 5.82 Å². The van der Waals surface area contributed by atoms with E-state index in [-0.39, 0.29) is 6.10 Å². The van der Waals surface area contributed by atoms with Gasteiger partial charge in [0.05, 0.1) is 11.8 Å². The van der Waals surface area contributed by atoms with E-state index in [2.05, 4.69) is 9.88 Å². The zero-order valence-corrected chi connectivity index (χ0v) is 8.76. The van der Waals surface area contributed by atoms with E-state index in [1.54, 1.807) is 0 Å². The van der Waals surface area contributed by atoms with Crippen LogP contribution < -0.4 is 10.6 Å². The number of hydrogen-bond donors (Lipinski definition) is 2. The molecule has 0 bridgehead atoms. The highest BCUT2D eigenvalue weighted by atomic mass is 16.3. The average Bonchev–Trinajstić information content (AvgIpc) is 2.29. The second kappa shape index (κ2) is 4.59. The lowest BCUT2D eigenvalue weighted by molar-refractivity contribution is 0.154. The molecule has 0 saturated carbocycles. The summed E-state index contributed by atoms with van der Waals surface area (Å²) in [6, 6.07) is 5.85. The Kier molecular flexibility index (Phi) is 3.18. The molecule has 1 saturated heterocycles. The third kappa shape index (κ3) is 2.46. The van der Waals surface area contributed by atoms with Crippen LogP contribution in [0.15, 0.2) is 18.2 Å². The molecule has 4 heteroatoms. The Morgan fingerprint density at radius 3 is 3.13 bits per heavy atom. The van der Waals surface area contributed by atoms with Gasteiger partial charge in [-0.1, -0.05) is 6.07 Å². The van der Waals surface area contributed by atoms with Crippen molar-refractivity contribution in [1.29, 1.82) is 0 Å². The minimum absolute atomic E-state index is 0.220. The van der Waals surface area contributed by atoms with Crippen LogP contribution in [-0.4, -0.2) is 29.3 Å². The topological polar surface area (TPSA) is 62.4 Å². The van der Waals surface area contributed by atoms with Crippen LogP contribution in [0.4, 0.5) is 5.82 Å². The van der Waals surface area contributed by atoms with Gasteiger partial charge in [-0.15, -0.1) is 0 Å². The summed E-state index contributed by atoms with van der Waals surface area (Å²) in [5.41, 5.74) is 6.44. The first kappa shape index (κ1) is 10.4. The van der Waals surface area contributed by atoms with Gasteiger partial charge in [0.1, 0.15) is 5.82 Å². The molecule has 1 fully saturated rings. The lowest BCUT2D eigenvalue weighted by Gasteiger charge is -2.31. The quantitative estimate of drug-likeness (QED) is 0.741. The first-order chi connectivity index (χ1) is 7.29. The number of nitrogens with two attached hydrogens (primary N) is 1. The summed E-state index contributed by atoms with van der Waals surface area (Å²) in [6.07, 6.45) is 1.70. The molecule has 0 radical (unpaired) electrons. The number of aliphatic hydroxyl groups is 1. The summed E-state index contributed by atoms with van der Waals surface area (Å²) in [4.78, 5) is 6.56. The Labute approximate surface area is 89.7 Å². The summed E-state index contributed by atoms with van der Waals surface area (Å²) >= 11 is 0. The van der Waals surface area contributed by atoms with Crippen molar-refractivity contribution in [1.82, 2.24) is 4.98 Å². The van der Waals surface area contributed by atoms with Crippen molar-refractivity contribution in [3.8, 4) is 0 Å². The SMILES string of the molecule is NCc1cccc(N2CCCC(O)C2)n1. The van der Waals surface area contributed by atoms with Gasteiger partial charge in [-0.25, -0.2) is 4.98 Å². The van der Waals surface area contributed by atoms with Gasteiger partial charge < -0.3 is 15.7 Å². The maximum absolute atomic E-state index is 9.57. The van der Waals surface area contributed by atoms with Crippen LogP contribution in [0.5, 0.6) is 0 Å². The van der Waals surface area contributed by atoms with Crippen molar-refractivity contribution in [3.05, 3.63) is 23.9 Å². The highest BCUT2D eigenvalue weighted by Gasteiger charge is 2.18. The fourth-order valence-corrected chi connectivity index (χ4v) is 1.92. The number of aromatic nitrogens is 1. The molecule has 1 aliphatic heterocycles. The van der Waals surface area contributed by atoms with Gasteiger partial charge in [0.25, 0.3) is 0 Å². The van der Waals surface area contributed by atoms with E-state index in [0.717, 1.165) is 30.9 Å². The Bertz CT molecular complexity index is 329. The van der Waals surface area contributed by atoms with Crippen LogP contribution in [-0.2, 0) is 6.54 Å². The second-order valence-corrected chi connectivity index (χ2v) is 3.93. The van der Waals surface area contributed by atoms with Crippen molar-refractivity contribution in [2.24, 2.45) is 5.73 Å². The summed E-state index contributed by atoms with van der Waals surface area (Å²) in [5.74, 6) is 0.928. The van der Waals surface area contributed by atoms with E-state index in [1.807, 2.05) is 18.2 Å². The molecule has 1 aromatic rings. The number of rotatable bonds is 2. The Morgan fingerprint density at radius 1 is 1.53 bits per heavy atom. The van der Waals surface area contributed by atoms with E-state index in [1.165, 1.54) is 0 Å². The minimum atomic E-state index is -0.220. The standard InChI is InChI=1S/C11H17N3O/c12-7-9-3-1-5-11(13-9)14-6-2-4-10(15)8-14/h1,3,5,10,15H,2,4,6-8,12H2. The third-order valence-electron chi connectivity index (χ3n) is 2.72. The van der Waals surface area contributed by atoms with Crippen LogP contribution in [0.2, 0.25) is 0 Å². The number of nitrogens with zero attached hydrogens (tertiary/aromatic N) is 2. The van der Waals surface area contributed by atoms with E-state index >= 15 is 0 Å². The molecular formula is C11H17N3O. The number of pyridine rings is 1. The first-order valence-electron chi connectivity index (χ1n) is 5.38. The first-order valence-corrected chi connectivity index (χ1v) is 5.38. The van der Waals surface area contributed by atoms with Gasteiger partial charge in [-0.05, 0) is 25.0 Å². The van der Waals surface area contributed by atoms with Crippen LogP contribution in [0, 0.1) is 0 Å². The molecule has 1 atom stereocenters. The minimum Gasteiger partial charge on any atom is -0.391 e. The molecule has 15 heavy (non-hydrogen) atoms. The predicted molar refractivity (Wildman–Crippen MR) is 59.6 cm³/mol. The maximum atomic E-state index is 9.57. The fourth-order valence-electron chi connectivity index (χ4n) is 1.92. The van der Waals surface area contributed by atoms with Gasteiger partial charge in [0, 0.05) is 19.6 Å². The molecule has 1 unspecified atom stereocenters. The second-order valence-electron chi connectivity index (χ2n) is 3.93. The summed E-state index contributed by atoms with van der Waals surface area (Å²) < 4.78 is 0. The molecule has 0 aliphatic carbocycles. The summed E-state index contributed by atoms with van der Waals surface area (Å²) in [7, 11) is 0. The Morgan fingerprint density at radius 2 is 2.40 bits per heavy atom. The van der Waals surface area contributed by atoms with E-state index in [9.17, 15) is 5.11 Å². The third-order valence-corrected chi connectivity index (χ3v) is 2.72. The van der Waals surface area contributed by atoms with Gasteiger partial charge in [0.15, 0.2) is 0 Å². The smallest absolute Gasteiger partial charge is 0.128 e. The number of aliphatic hydroxyl groups excluding tert-OH is 1. The molecule has 1 aliphatic rings. The zero-order chi connectivity index (χ0) is 10.7. The summed E-state index contributed by atoms with van der Waals surface area (Å²) in [6.45, 7) is 2.11. The normalized spacial score (nSPS) is 21.7. The van der Waals surface area contributed by atoms with Crippen molar-refractivity contribution in [2.45, 2.75) is 25.5 Å². The molecule has 1 aromatic heterocycles. The molecular weight excluding hydrogens is 190 g/mol. The monoisotopic (exact) mass is 207 g/mol. The maximum Gasteiger partial charge on any atom is 0.128 e.